The first-order valence-electron chi connectivity index (χ1n) is 9.08. The SMILES string of the molecule is COc1cc2c(c(O)c1C(C)C)CC[C@@H]1C(C)=C(C(=O)O)CC[C@@]21C. The number of phenols is 1. The van der Waals surface area contributed by atoms with Crippen molar-refractivity contribution in [1.29, 1.82) is 0 Å². The van der Waals surface area contributed by atoms with Crippen molar-refractivity contribution in [3.63, 3.8) is 0 Å². The van der Waals surface area contributed by atoms with Crippen molar-refractivity contribution in [1.82, 2.24) is 0 Å². The van der Waals surface area contributed by atoms with Gasteiger partial charge in [0.2, 0.25) is 0 Å². The molecule has 0 saturated carbocycles. The van der Waals surface area contributed by atoms with Gasteiger partial charge in [0.25, 0.3) is 0 Å². The number of carboxylic acid groups (broad SMARTS) is 1. The Labute approximate surface area is 149 Å². The van der Waals surface area contributed by atoms with Crippen LogP contribution in [0.5, 0.6) is 11.5 Å². The Morgan fingerprint density at radius 1 is 1.36 bits per heavy atom. The third-order valence-corrected chi connectivity index (χ3v) is 6.42. The van der Waals surface area contributed by atoms with Crippen LogP contribution < -0.4 is 4.74 Å². The molecule has 0 aliphatic heterocycles. The summed E-state index contributed by atoms with van der Waals surface area (Å²) in [5.74, 6) is 0.695. The maximum absolute atomic E-state index is 11.5. The zero-order valence-electron chi connectivity index (χ0n) is 15.8. The molecule has 0 aromatic heterocycles. The fraction of sp³-hybridized carbons (Fsp3) is 0.571. The van der Waals surface area contributed by atoms with Crippen LogP contribution in [0.1, 0.15) is 69.6 Å². The second-order valence-corrected chi connectivity index (χ2v) is 8.00. The van der Waals surface area contributed by atoms with E-state index in [1.807, 2.05) is 6.92 Å². The molecule has 2 aliphatic carbocycles. The fourth-order valence-corrected chi connectivity index (χ4v) is 5.06. The monoisotopic (exact) mass is 344 g/mol. The van der Waals surface area contributed by atoms with Gasteiger partial charge >= 0.3 is 5.97 Å². The van der Waals surface area contributed by atoms with Gasteiger partial charge in [0.1, 0.15) is 11.5 Å². The Balaban J connectivity index is 2.20. The minimum Gasteiger partial charge on any atom is -0.507 e. The number of hydrogen-bond donors (Lipinski definition) is 2. The van der Waals surface area contributed by atoms with Gasteiger partial charge in [-0.25, -0.2) is 4.79 Å². The van der Waals surface area contributed by atoms with E-state index in [4.69, 9.17) is 4.74 Å². The Bertz CT molecular complexity index is 760. The number of hydrogen-bond acceptors (Lipinski definition) is 3. The molecule has 4 heteroatoms. The maximum Gasteiger partial charge on any atom is 0.331 e. The molecule has 0 amide bonds. The second kappa shape index (κ2) is 6.08. The summed E-state index contributed by atoms with van der Waals surface area (Å²) in [6, 6.07) is 2.09. The summed E-state index contributed by atoms with van der Waals surface area (Å²) in [5, 5.41) is 20.4. The van der Waals surface area contributed by atoms with Crippen molar-refractivity contribution in [2.24, 2.45) is 5.92 Å². The summed E-state index contributed by atoms with van der Waals surface area (Å²) in [5.41, 5.74) is 4.44. The Hall–Kier alpha value is -1.97. The van der Waals surface area contributed by atoms with Crippen LogP contribution in [0, 0.1) is 5.92 Å². The highest BCUT2D eigenvalue weighted by molar-refractivity contribution is 5.88. The molecule has 2 aliphatic rings. The number of allylic oxidation sites excluding steroid dienone is 1. The van der Waals surface area contributed by atoms with Crippen LogP contribution in [-0.4, -0.2) is 23.3 Å². The van der Waals surface area contributed by atoms with Crippen LogP contribution in [0.25, 0.3) is 0 Å². The van der Waals surface area contributed by atoms with Crippen LogP contribution in [0.2, 0.25) is 0 Å². The highest BCUT2D eigenvalue weighted by Crippen LogP contribution is 2.55. The number of aromatic hydroxyl groups is 1. The third-order valence-electron chi connectivity index (χ3n) is 6.42. The summed E-state index contributed by atoms with van der Waals surface area (Å²) < 4.78 is 5.60. The van der Waals surface area contributed by atoms with Crippen LogP contribution in [0.3, 0.4) is 0 Å². The van der Waals surface area contributed by atoms with Crippen molar-refractivity contribution in [3.8, 4) is 11.5 Å². The smallest absolute Gasteiger partial charge is 0.331 e. The highest BCUT2D eigenvalue weighted by atomic mass is 16.5. The van der Waals surface area contributed by atoms with E-state index in [9.17, 15) is 15.0 Å². The molecule has 0 fully saturated rings. The standard InChI is InChI=1S/C21H28O4/c1-11(2)18-17(25-5)10-16-14(19(18)22)6-7-15-12(3)13(20(23)24)8-9-21(15,16)4/h10-11,15,22H,6-9H2,1-5H3,(H,23,24)/t15-,21-/m1/s1. The Morgan fingerprint density at radius 2 is 2.04 bits per heavy atom. The van der Waals surface area contributed by atoms with E-state index in [1.165, 1.54) is 0 Å². The van der Waals surface area contributed by atoms with Gasteiger partial charge in [0.15, 0.2) is 0 Å². The minimum atomic E-state index is -0.791. The summed E-state index contributed by atoms with van der Waals surface area (Å²) in [6.07, 6.45) is 3.01. The first-order valence-corrected chi connectivity index (χ1v) is 9.08. The first-order chi connectivity index (χ1) is 11.7. The fourth-order valence-electron chi connectivity index (χ4n) is 5.06. The number of aliphatic carboxylic acids is 1. The zero-order valence-corrected chi connectivity index (χ0v) is 15.8. The largest absolute Gasteiger partial charge is 0.507 e. The molecule has 25 heavy (non-hydrogen) atoms. The molecule has 2 atom stereocenters. The number of methoxy groups -OCH3 is 1. The van der Waals surface area contributed by atoms with Crippen LogP contribution in [0.15, 0.2) is 17.2 Å². The molecule has 4 nitrogen and oxygen atoms in total. The first kappa shape index (κ1) is 17.8. The Morgan fingerprint density at radius 3 is 2.60 bits per heavy atom. The predicted octanol–water partition coefficient (Wildman–Crippen LogP) is 4.54. The van der Waals surface area contributed by atoms with E-state index in [-0.39, 0.29) is 17.3 Å². The molecule has 1 aromatic rings. The van der Waals surface area contributed by atoms with E-state index >= 15 is 0 Å². The molecule has 3 rings (SSSR count). The lowest BCUT2D eigenvalue weighted by atomic mass is 9.56. The molecule has 0 heterocycles. The highest BCUT2D eigenvalue weighted by Gasteiger charge is 2.46. The number of carbonyl (C=O) groups is 1. The van der Waals surface area contributed by atoms with Gasteiger partial charge in [0.05, 0.1) is 7.11 Å². The normalized spacial score (nSPS) is 25.6. The van der Waals surface area contributed by atoms with Crippen molar-refractivity contribution < 1.29 is 19.7 Å². The summed E-state index contributed by atoms with van der Waals surface area (Å²) in [7, 11) is 1.64. The zero-order chi connectivity index (χ0) is 18.5. The van der Waals surface area contributed by atoms with Crippen molar-refractivity contribution in [3.05, 3.63) is 33.9 Å². The molecule has 0 radical (unpaired) electrons. The van der Waals surface area contributed by atoms with E-state index < -0.39 is 5.97 Å². The van der Waals surface area contributed by atoms with E-state index in [0.29, 0.717) is 17.7 Å². The summed E-state index contributed by atoms with van der Waals surface area (Å²) >= 11 is 0. The van der Waals surface area contributed by atoms with Gasteiger partial charge in [-0.05, 0) is 67.1 Å². The molecule has 0 saturated heterocycles. The van der Waals surface area contributed by atoms with Gasteiger partial charge in [-0.2, -0.15) is 0 Å². The molecule has 1 aromatic carbocycles. The number of phenolic OH excluding ortho intramolecular Hbond substituents is 1. The van der Waals surface area contributed by atoms with Gasteiger partial charge in [-0.3, -0.25) is 0 Å². The van der Waals surface area contributed by atoms with Crippen molar-refractivity contribution >= 4 is 5.97 Å². The Kier molecular flexibility index (Phi) is 4.34. The van der Waals surface area contributed by atoms with E-state index in [2.05, 4.69) is 26.8 Å². The molecule has 0 bridgehead atoms. The van der Waals surface area contributed by atoms with Gasteiger partial charge in [0, 0.05) is 11.1 Å². The van der Waals surface area contributed by atoms with Crippen LogP contribution in [0.4, 0.5) is 0 Å². The molecular weight excluding hydrogens is 316 g/mol. The molecular formula is C21H28O4. The minimum absolute atomic E-state index is 0.156. The molecule has 136 valence electrons. The second-order valence-electron chi connectivity index (χ2n) is 8.00. The lowest BCUT2D eigenvalue weighted by molar-refractivity contribution is -0.133. The van der Waals surface area contributed by atoms with Gasteiger partial charge in [-0.15, -0.1) is 0 Å². The van der Waals surface area contributed by atoms with Crippen LogP contribution in [-0.2, 0) is 16.6 Å². The van der Waals surface area contributed by atoms with Gasteiger partial charge in [-0.1, -0.05) is 26.3 Å². The lowest BCUT2D eigenvalue weighted by Crippen LogP contribution is -2.41. The quantitative estimate of drug-likeness (QED) is 0.845. The van der Waals surface area contributed by atoms with Crippen molar-refractivity contribution in [2.45, 2.75) is 64.7 Å². The summed E-state index contributed by atoms with van der Waals surface area (Å²) in [4.78, 5) is 11.5. The third kappa shape index (κ3) is 2.54. The number of rotatable bonds is 3. The molecule has 0 unspecified atom stereocenters. The van der Waals surface area contributed by atoms with E-state index in [0.717, 1.165) is 47.3 Å². The number of ether oxygens (including phenoxy) is 1. The maximum atomic E-state index is 11.5. The predicted molar refractivity (Wildman–Crippen MR) is 97.5 cm³/mol. The van der Waals surface area contributed by atoms with Gasteiger partial charge < -0.3 is 14.9 Å². The molecule has 0 spiro atoms. The number of carboxylic acids is 1. The number of benzene rings is 1. The van der Waals surface area contributed by atoms with Crippen molar-refractivity contribution in [2.75, 3.05) is 7.11 Å². The van der Waals surface area contributed by atoms with Crippen LogP contribution >= 0.6 is 0 Å². The van der Waals surface area contributed by atoms with E-state index in [1.54, 1.807) is 7.11 Å². The molecule has 2 N–H and O–H groups in total. The average Bonchev–Trinajstić information content (AvgIpc) is 2.54. The average molecular weight is 344 g/mol. The summed E-state index contributed by atoms with van der Waals surface area (Å²) in [6.45, 7) is 8.30. The topological polar surface area (TPSA) is 66.8 Å². The number of fused-ring (bicyclic) bond motifs is 3. The lowest BCUT2D eigenvalue weighted by Gasteiger charge is -2.47.